The quantitative estimate of drug-likeness (QED) is 0.716. The van der Waals surface area contributed by atoms with Crippen molar-refractivity contribution < 1.29 is 9.84 Å². The largest absolute Gasteiger partial charge is 0.494 e. The van der Waals surface area contributed by atoms with Crippen LogP contribution in [0.3, 0.4) is 0 Å². The lowest BCUT2D eigenvalue weighted by Gasteiger charge is -2.04. The zero-order chi connectivity index (χ0) is 12.1. The third-order valence-electron chi connectivity index (χ3n) is 2.06. The molecule has 1 aromatic carbocycles. The van der Waals surface area contributed by atoms with Gasteiger partial charge < -0.3 is 9.84 Å². The summed E-state index contributed by atoms with van der Waals surface area (Å²) in [5.41, 5.74) is 0. The van der Waals surface area contributed by atoms with Crippen LogP contribution in [-0.4, -0.2) is 18.3 Å². The van der Waals surface area contributed by atoms with Crippen LogP contribution in [0, 0.1) is 0 Å². The van der Waals surface area contributed by atoms with Crippen molar-refractivity contribution in [3.8, 4) is 5.75 Å². The number of aliphatic hydroxyl groups excluding tert-OH is 1. The van der Waals surface area contributed by atoms with Crippen molar-refractivity contribution in [2.75, 3.05) is 13.2 Å². The molecule has 2 nitrogen and oxygen atoms in total. The van der Waals surface area contributed by atoms with Gasteiger partial charge in [-0.05, 0) is 31.4 Å². The molecule has 0 heterocycles. The average Bonchev–Trinajstić information content (AvgIpc) is 2.37. The monoisotopic (exact) mass is 224 g/mol. The summed E-state index contributed by atoms with van der Waals surface area (Å²) in [6, 6.07) is 9.86. The highest BCUT2D eigenvalue weighted by molar-refractivity contribution is 5.20. The summed E-state index contributed by atoms with van der Waals surface area (Å²) in [7, 11) is 0. The molecule has 0 amide bonds. The lowest BCUT2D eigenvalue weighted by atomic mass is 10.2. The zero-order valence-electron chi connectivity index (χ0n) is 10.5. The fourth-order valence-corrected chi connectivity index (χ4v) is 1.27. The highest BCUT2D eigenvalue weighted by Gasteiger charge is 1.92. The second kappa shape index (κ2) is 12.1. The highest BCUT2D eigenvalue weighted by atomic mass is 16.5. The number of ether oxygens (including phenoxy) is 1. The second-order valence-corrected chi connectivity index (χ2v) is 3.30. The molecule has 0 bridgehead atoms. The van der Waals surface area contributed by atoms with Gasteiger partial charge in [0, 0.05) is 6.61 Å². The summed E-state index contributed by atoms with van der Waals surface area (Å²) < 4.78 is 5.52. The van der Waals surface area contributed by atoms with Crippen LogP contribution in [0.4, 0.5) is 0 Å². The number of rotatable bonds is 7. The van der Waals surface area contributed by atoms with Gasteiger partial charge in [-0.1, -0.05) is 38.5 Å². The minimum absolute atomic E-state index is 0.305. The summed E-state index contributed by atoms with van der Waals surface area (Å²) in [5.74, 6) is 0.939. The molecule has 0 saturated heterocycles. The smallest absolute Gasteiger partial charge is 0.119 e. The van der Waals surface area contributed by atoms with Crippen LogP contribution in [0.15, 0.2) is 30.3 Å². The lowest BCUT2D eigenvalue weighted by molar-refractivity contribution is 0.273. The molecule has 0 aromatic heterocycles. The van der Waals surface area contributed by atoms with Gasteiger partial charge in [0.1, 0.15) is 5.75 Å². The van der Waals surface area contributed by atoms with Gasteiger partial charge in [-0.2, -0.15) is 0 Å². The maximum atomic E-state index is 8.57. The van der Waals surface area contributed by atoms with E-state index in [9.17, 15) is 0 Å². The summed E-state index contributed by atoms with van der Waals surface area (Å²) >= 11 is 0. The molecule has 1 aromatic rings. The molecule has 1 N–H and O–H groups in total. The van der Waals surface area contributed by atoms with E-state index in [0.717, 1.165) is 38.0 Å². The van der Waals surface area contributed by atoms with Crippen molar-refractivity contribution in [1.82, 2.24) is 0 Å². The number of para-hydroxylation sites is 1. The molecule has 92 valence electrons. The van der Waals surface area contributed by atoms with Crippen LogP contribution in [0.1, 0.15) is 39.5 Å². The molecular formula is C14H24O2. The van der Waals surface area contributed by atoms with Crippen molar-refractivity contribution in [1.29, 1.82) is 0 Å². The van der Waals surface area contributed by atoms with E-state index in [1.807, 2.05) is 44.2 Å². The van der Waals surface area contributed by atoms with Gasteiger partial charge in [-0.25, -0.2) is 0 Å². The minimum atomic E-state index is 0.305. The van der Waals surface area contributed by atoms with Crippen molar-refractivity contribution in [2.24, 2.45) is 0 Å². The zero-order valence-corrected chi connectivity index (χ0v) is 10.5. The molecule has 0 saturated carbocycles. The molecule has 0 spiro atoms. The topological polar surface area (TPSA) is 29.5 Å². The first kappa shape index (κ1) is 15.0. The molecule has 0 aliphatic rings. The predicted molar refractivity (Wildman–Crippen MR) is 68.8 cm³/mol. The first-order valence-corrected chi connectivity index (χ1v) is 6.22. The Balaban J connectivity index is 0.00000106. The van der Waals surface area contributed by atoms with Gasteiger partial charge in [-0.3, -0.25) is 0 Å². The summed E-state index contributed by atoms with van der Waals surface area (Å²) in [6.45, 7) is 5.08. The first-order valence-electron chi connectivity index (χ1n) is 6.22. The van der Waals surface area contributed by atoms with Gasteiger partial charge in [-0.15, -0.1) is 0 Å². The SMILES string of the molecule is CC.OCCCCCCOc1ccccc1. The number of benzene rings is 1. The van der Waals surface area contributed by atoms with Gasteiger partial charge in [0.15, 0.2) is 0 Å². The molecule has 0 radical (unpaired) electrons. The van der Waals surface area contributed by atoms with Crippen molar-refractivity contribution >= 4 is 0 Å². The third kappa shape index (κ3) is 8.30. The maximum Gasteiger partial charge on any atom is 0.119 e. The fraction of sp³-hybridized carbons (Fsp3) is 0.571. The third-order valence-corrected chi connectivity index (χ3v) is 2.06. The maximum absolute atomic E-state index is 8.57. The summed E-state index contributed by atoms with van der Waals surface area (Å²) in [6.07, 6.45) is 4.20. The van der Waals surface area contributed by atoms with Crippen LogP contribution < -0.4 is 4.74 Å². The fourth-order valence-electron chi connectivity index (χ4n) is 1.27. The molecule has 0 unspecified atom stereocenters. The molecule has 0 atom stereocenters. The molecular weight excluding hydrogens is 200 g/mol. The minimum Gasteiger partial charge on any atom is -0.494 e. The number of aliphatic hydroxyl groups is 1. The number of hydrogen-bond donors (Lipinski definition) is 1. The van der Waals surface area contributed by atoms with E-state index in [-0.39, 0.29) is 0 Å². The van der Waals surface area contributed by atoms with Gasteiger partial charge in [0.25, 0.3) is 0 Å². The van der Waals surface area contributed by atoms with E-state index in [1.54, 1.807) is 0 Å². The standard InChI is InChI=1S/C12H18O2.C2H6/c13-10-6-1-2-7-11-14-12-8-4-3-5-9-12;1-2/h3-5,8-9,13H,1-2,6-7,10-11H2;1-2H3. The number of hydrogen-bond acceptors (Lipinski definition) is 2. The Morgan fingerprint density at radius 3 is 2.19 bits per heavy atom. The Kier molecular flexibility index (Phi) is 11.3. The van der Waals surface area contributed by atoms with Crippen LogP contribution in [0.25, 0.3) is 0 Å². The molecule has 0 aliphatic carbocycles. The Morgan fingerprint density at radius 1 is 0.938 bits per heavy atom. The Bertz CT molecular complexity index is 221. The highest BCUT2D eigenvalue weighted by Crippen LogP contribution is 2.09. The normalized spacial score (nSPS) is 9.19. The van der Waals surface area contributed by atoms with Crippen LogP contribution in [0.5, 0.6) is 5.75 Å². The average molecular weight is 224 g/mol. The number of unbranched alkanes of at least 4 members (excludes halogenated alkanes) is 3. The van der Waals surface area contributed by atoms with Gasteiger partial charge >= 0.3 is 0 Å². The van der Waals surface area contributed by atoms with Crippen LogP contribution >= 0.6 is 0 Å². The van der Waals surface area contributed by atoms with E-state index in [1.165, 1.54) is 0 Å². The van der Waals surface area contributed by atoms with Crippen LogP contribution in [-0.2, 0) is 0 Å². The Morgan fingerprint density at radius 2 is 1.56 bits per heavy atom. The summed E-state index contributed by atoms with van der Waals surface area (Å²) in [4.78, 5) is 0. The van der Waals surface area contributed by atoms with E-state index >= 15 is 0 Å². The second-order valence-electron chi connectivity index (χ2n) is 3.30. The first-order chi connectivity index (χ1) is 7.93. The molecule has 0 aliphatic heterocycles. The van der Waals surface area contributed by atoms with Crippen molar-refractivity contribution in [3.05, 3.63) is 30.3 Å². The summed E-state index contributed by atoms with van der Waals surface area (Å²) in [5, 5.41) is 8.57. The molecule has 1 rings (SSSR count). The van der Waals surface area contributed by atoms with Gasteiger partial charge in [0.2, 0.25) is 0 Å². The van der Waals surface area contributed by atoms with E-state index < -0.39 is 0 Å². The Hall–Kier alpha value is -1.02. The van der Waals surface area contributed by atoms with E-state index in [0.29, 0.717) is 6.61 Å². The molecule has 0 fully saturated rings. The lowest BCUT2D eigenvalue weighted by Crippen LogP contribution is -1.97. The van der Waals surface area contributed by atoms with E-state index in [4.69, 9.17) is 9.84 Å². The van der Waals surface area contributed by atoms with Crippen molar-refractivity contribution in [2.45, 2.75) is 39.5 Å². The molecule has 16 heavy (non-hydrogen) atoms. The van der Waals surface area contributed by atoms with Crippen LogP contribution in [0.2, 0.25) is 0 Å². The van der Waals surface area contributed by atoms with E-state index in [2.05, 4.69) is 0 Å². The van der Waals surface area contributed by atoms with Crippen molar-refractivity contribution in [3.63, 3.8) is 0 Å². The molecule has 2 heteroatoms. The Labute approximate surface area is 99.3 Å². The predicted octanol–water partition coefficient (Wildman–Crippen LogP) is 3.64. The van der Waals surface area contributed by atoms with Gasteiger partial charge in [0.05, 0.1) is 6.61 Å².